The first-order valence-corrected chi connectivity index (χ1v) is 5.05. The summed E-state index contributed by atoms with van der Waals surface area (Å²) < 4.78 is 13.1. The van der Waals surface area contributed by atoms with E-state index in [0.717, 1.165) is 31.1 Å². The molecule has 0 radical (unpaired) electrons. The Morgan fingerprint density at radius 1 is 1.14 bits per heavy atom. The van der Waals surface area contributed by atoms with E-state index in [1.165, 1.54) is 6.07 Å². The van der Waals surface area contributed by atoms with E-state index < -0.39 is 0 Å². The fourth-order valence-electron chi connectivity index (χ4n) is 1.92. The van der Waals surface area contributed by atoms with Crippen LogP contribution in [0.5, 0.6) is 0 Å². The number of fused-ring (bicyclic) bond motifs is 1. The van der Waals surface area contributed by atoms with Gasteiger partial charge in [0.15, 0.2) is 0 Å². The maximum absolute atomic E-state index is 13.1. The largest absolute Gasteiger partial charge is 0.352 e. The Morgan fingerprint density at radius 2 is 1.79 bits per heavy atom. The Balaban J connectivity index is 2.42. The summed E-state index contributed by atoms with van der Waals surface area (Å²) in [5.74, 6) is -0.153. The number of halogens is 1. The Kier molecular flexibility index (Phi) is 2.32. The van der Waals surface area contributed by atoms with Crippen LogP contribution in [0.25, 0.3) is 0 Å². The van der Waals surface area contributed by atoms with Crippen LogP contribution in [0.15, 0.2) is 18.2 Å². The van der Waals surface area contributed by atoms with E-state index >= 15 is 0 Å². The molecule has 0 N–H and O–H groups in total. The zero-order chi connectivity index (χ0) is 10.1. The maximum atomic E-state index is 13.1. The SMILES string of the molecule is CCN1CN(CC)c2cc(F)ccc21. The molecule has 0 atom stereocenters. The fraction of sp³-hybridized carbons (Fsp3) is 0.455. The smallest absolute Gasteiger partial charge is 0.125 e. The van der Waals surface area contributed by atoms with Gasteiger partial charge in [0.2, 0.25) is 0 Å². The lowest BCUT2D eigenvalue weighted by molar-refractivity contribution is 0.628. The van der Waals surface area contributed by atoms with Crippen LogP contribution in [-0.2, 0) is 0 Å². The number of hydrogen-bond donors (Lipinski definition) is 0. The highest BCUT2D eigenvalue weighted by Gasteiger charge is 2.23. The molecule has 0 bridgehead atoms. The zero-order valence-electron chi connectivity index (χ0n) is 8.63. The van der Waals surface area contributed by atoms with Gasteiger partial charge in [-0.05, 0) is 32.0 Å². The summed E-state index contributed by atoms with van der Waals surface area (Å²) in [7, 11) is 0. The van der Waals surface area contributed by atoms with Crippen molar-refractivity contribution in [3.8, 4) is 0 Å². The van der Waals surface area contributed by atoms with Crippen molar-refractivity contribution in [1.82, 2.24) is 0 Å². The lowest BCUT2D eigenvalue weighted by Gasteiger charge is -2.18. The second-order valence-electron chi connectivity index (χ2n) is 3.49. The Labute approximate surface area is 83.9 Å². The van der Waals surface area contributed by atoms with Gasteiger partial charge in [-0.1, -0.05) is 0 Å². The van der Waals surface area contributed by atoms with E-state index in [0.29, 0.717) is 0 Å². The van der Waals surface area contributed by atoms with Crippen LogP contribution < -0.4 is 9.80 Å². The summed E-state index contributed by atoms with van der Waals surface area (Å²) in [5.41, 5.74) is 2.17. The number of rotatable bonds is 2. The highest BCUT2D eigenvalue weighted by molar-refractivity contribution is 5.76. The fourth-order valence-corrected chi connectivity index (χ4v) is 1.92. The van der Waals surface area contributed by atoms with Gasteiger partial charge in [0, 0.05) is 13.1 Å². The van der Waals surface area contributed by atoms with Crippen molar-refractivity contribution >= 4 is 11.4 Å². The third kappa shape index (κ3) is 1.33. The second kappa shape index (κ2) is 3.48. The molecule has 76 valence electrons. The van der Waals surface area contributed by atoms with Crippen LogP contribution in [0.4, 0.5) is 15.8 Å². The number of hydrogen-bond acceptors (Lipinski definition) is 2. The molecule has 0 saturated carbocycles. The average Bonchev–Trinajstić information content (AvgIpc) is 2.55. The lowest BCUT2D eigenvalue weighted by Crippen LogP contribution is -2.30. The van der Waals surface area contributed by atoms with Gasteiger partial charge in [-0.25, -0.2) is 4.39 Å². The molecular formula is C11H15FN2. The van der Waals surface area contributed by atoms with Gasteiger partial charge in [0.25, 0.3) is 0 Å². The maximum Gasteiger partial charge on any atom is 0.125 e. The van der Waals surface area contributed by atoms with E-state index in [9.17, 15) is 4.39 Å². The summed E-state index contributed by atoms with van der Waals surface area (Å²) in [6.45, 7) is 6.98. The molecule has 0 aliphatic carbocycles. The monoisotopic (exact) mass is 194 g/mol. The van der Waals surface area contributed by atoms with Crippen LogP contribution in [-0.4, -0.2) is 19.8 Å². The van der Waals surface area contributed by atoms with Crippen molar-refractivity contribution in [2.75, 3.05) is 29.6 Å². The van der Waals surface area contributed by atoms with E-state index in [1.807, 2.05) is 6.07 Å². The van der Waals surface area contributed by atoms with Crippen LogP contribution >= 0.6 is 0 Å². The molecule has 2 nitrogen and oxygen atoms in total. The quantitative estimate of drug-likeness (QED) is 0.713. The molecule has 0 amide bonds. The van der Waals surface area contributed by atoms with Crippen molar-refractivity contribution in [2.45, 2.75) is 13.8 Å². The molecule has 0 saturated heterocycles. The number of nitrogens with zero attached hydrogens (tertiary/aromatic N) is 2. The first-order chi connectivity index (χ1) is 6.76. The van der Waals surface area contributed by atoms with Crippen molar-refractivity contribution in [3.63, 3.8) is 0 Å². The van der Waals surface area contributed by atoms with Gasteiger partial charge in [-0.2, -0.15) is 0 Å². The normalized spacial score (nSPS) is 14.8. The topological polar surface area (TPSA) is 6.48 Å². The Bertz CT molecular complexity index is 338. The van der Waals surface area contributed by atoms with Gasteiger partial charge < -0.3 is 9.80 Å². The molecule has 14 heavy (non-hydrogen) atoms. The third-order valence-corrected chi connectivity index (χ3v) is 2.72. The summed E-state index contributed by atoms with van der Waals surface area (Å²) in [4.78, 5) is 4.43. The van der Waals surface area contributed by atoms with E-state index in [-0.39, 0.29) is 5.82 Å². The molecule has 3 heteroatoms. The van der Waals surface area contributed by atoms with Gasteiger partial charge in [-0.3, -0.25) is 0 Å². The predicted molar refractivity (Wildman–Crippen MR) is 57.3 cm³/mol. The molecule has 0 fully saturated rings. The van der Waals surface area contributed by atoms with E-state index in [2.05, 4.69) is 23.6 Å². The molecule has 1 aliphatic heterocycles. The summed E-state index contributed by atoms with van der Waals surface area (Å²) in [5, 5.41) is 0. The summed E-state index contributed by atoms with van der Waals surface area (Å²) >= 11 is 0. The molecule has 0 aromatic heterocycles. The minimum atomic E-state index is -0.153. The van der Waals surface area contributed by atoms with Crippen molar-refractivity contribution < 1.29 is 4.39 Å². The van der Waals surface area contributed by atoms with Gasteiger partial charge in [-0.15, -0.1) is 0 Å². The van der Waals surface area contributed by atoms with Gasteiger partial charge >= 0.3 is 0 Å². The molecular weight excluding hydrogens is 179 g/mol. The van der Waals surface area contributed by atoms with E-state index in [4.69, 9.17) is 0 Å². The van der Waals surface area contributed by atoms with E-state index in [1.54, 1.807) is 6.07 Å². The standard InChI is InChI=1S/C11H15FN2/c1-3-13-8-14(4-2)11-7-9(12)5-6-10(11)13/h5-7H,3-4,8H2,1-2H3. The summed E-state index contributed by atoms with van der Waals surface area (Å²) in [6.07, 6.45) is 0. The average molecular weight is 194 g/mol. The predicted octanol–water partition coefficient (Wildman–Crippen LogP) is 2.45. The first-order valence-electron chi connectivity index (χ1n) is 5.05. The second-order valence-corrected chi connectivity index (χ2v) is 3.49. The first kappa shape index (κ1) is 9.31. The lowest BCUT2D eigenvalue weighted by atomic mass is 10.2. The summed E-state index contributed by atoms with van der Waals surface area (Å²) in [6, 6.07) is 5.01. The molecule has 1 aromatic carbocycles. The molecule has 2 rings (SSSR count). The highest BCUT2D eigenvalue weighted by Crippen LogP contribution is 2.35. The van der Waals surface area contributed by atoms with Crippen LogP contribution in [0.3, 0.4) is 0 Å². The van der Waals surface area contributed by atoms with Crippen molar-refractivity contribution in [2.24, 2.45) is 0 Å². The van der Waals surface area contributed by atoms with Crippen LogP contribution in [0.2, 0.25) is 0 Å². The minimum Gasteiger partial charge on any atom is -0.352 e. The van der Waals surface area contributed by atoms with Crippen LogP contribution in [0, 0.1) is 5.82 Å². The Morgan fingerprint density at radius 3 is 2.43 bits per heavy atom. The molecule has 0 unspecified atom stereocenters. The molecule has 0 spiro atoms. The number of benzene rings is 1. The third-order valence-electron chi connectivity index (χ3n) is 2.72. The van der Waals surface area contributed by atoms with Crippen LogP contribution in [0.1, 0.15) is 13.8 Å². The zero-order valence-corrected chi connectivity index (χ0v) is 8.63. The number of anilines is 2. The molecule has 1 heterocycles. The molecule has 1 aromatic rings. The molecule has 1 aliphatic rings. The minimum absolute atomic E-state index is 0.153. The van der Waals surface area contributed by atoms with Crippen molar-refractivity contribution in [1.29, 1.82) is 0 Å². The van der Waals surface area contributed by atoms with Gasteiger partial charge in [0.05, 0.1) is 18.0 Å². The highest BCUT2D eigenvalue weighted by atomic mass is 19.1. The Hall–Kier alpha value is -1.25. The van der Waals surface area contributed by atoms with Crippen molar-refractivity contribution in [3.05, 3.63) is 24.0 Å². The van der Waals surface area contributed by atoms with Gasteiger partial charge in [0.1, 0.15) is 5.82 Å².